The third-order valence-electron chi connectivity index (χ3n) is 4.54. The third-order valence-corrected chi connectivity index (χ3v) is 4.54. The average molecular weight is 370 g/mol. The molecule has 24 heavy (non-hydrogen) atoms. The second-order valence-corrected chi connectivity index (χ2v) is 5.93. The maximum Gasteiger partial charge on any atom is 0.253 e. The third kappa shape index (κ3) is 3.53. The van der Waals surface area contributed by atoms with E-state index in [4.69, 9.17) is 0 Å². The zero-order chi connectivity index (χ0) is 15.1. The number of hydrogen-bond acceptors (Lipinski definition) is 3. The molecule has 2 aromatic rings. The predicted molar refractivity (Wildman–Crippen MR) is 95.2 cm³/mol. The molecule has 0 spiro atoms. The van der Waals surface area contributed by atoms with Crippen molar-refractivity contribution in [1.29, 1.82) is 0 Å². The van der Waals surface area contributed by atoms with Crippen molar-refractivity contribution in [3.63, 3.8) is 0 Å². The van der Waals surface area contributed by atoms with E-state index in [1.807, 2.05) is 0 Å². The van der Waals surface area contributed by atoms with Crippen LogP contribution in [0.2, 0.25) is 0 Å². The standard InChI is InChI=1S/C17H16FN3O.2ClH/c18-12-3-1-2-10(6-12)15-5-4-11(7-20-15)17(22)21-16-13-8-19-9-14(13)16;;/h1-7,13-14,16,19H,8-9H2,(H,21,22);2*1H. The van der Waals surface area contributed by atoms with Crippen molar-refractivity contribution in [3.05, 3.63) is 54.0 Å². The van der Waals surface area contributed by atoms with Gasteiger partial charge in [0.25, 0.3) is 5.91 Å². The zero-order valence-corrected chi connectivity index (χ0v) is 14.4. The molecule has 0 bridgehead atoms. The van der Waals surface area contributed by atoms with Crippen LogP contribution >= 0.6 is 24.8 Å². The van der Waals surface area contributed by atoms with Crippen molar-refractivity contribution in [2.45, 2.75) is 6.04 Å². The van der Waals surface area contributed by atoms with Crippen LogP contribution in [0.3, 0.4) is 0 Å². The lowest BCUT2D eigenvalue weighted by Gasteiger charge is -2.08. The van der Waals surface area contributed by atoms with Crippen LogP contribution in [-0.4, -0.2) is 30.0 Å². The number of halogens is 3. The van der Waals surface area contributed by atoms with Crippen molar-refractivity contribution in [1.82, 2.24) is 15.6 Å². The van der Waals surface area contributed by atoms with Crippen molar-refractivity contribution >= 4 is 30.7 Å². The van der Waals surface area contributed by atoms with Crippen LogP contribution in [0.15, 0.2) is 42.6 Å². The molecule has 128 valence electrons. The Morgan fingerprint density at radius 3 is 2.54 bits per heavy atom. The average Bonchev–Trinajstić information content (AvgIpc) is 2.97. The number of rotatable bonds is 3. The van der Waals surface area contributed by atoms with Crippen molar-refractivity contribution in [3.8, 4) is 11.3 Å². The molecule has 1 saturated carbocycles. The van der Waals surface area contributed by atoms with E-state index in [9.17, 15) is 9.18 Å². The van der Waals surface area contributed by atoms with Crippen LogP contribution in [0.25, 0.3) is 11.3 Å². The Morgan fingerprint density at radius 1 is 1.17 bits per heavy atom. The van der Waals surface area contributed by atoms with Crippen LogP contribution in [-0.2, 0) is 0 Å². The second-order valence-electron chi connectivity index (χ2n) is 5.93. The molecule has 1 aromatic carbocycles. The molecule has 1 saturated heterocycles. The van der Waals surface area contributed by atoms with Crippen LogP contribution in [0.1, 0.15) is 10.4 Å². The van der Waals surface area contributed by atoms with E-state index < -0.39 is 0 Å². The normalized spacial score (nSPS) is 23.5. The van der Waals surface area contributed by atoms with E-state index >= 15 is 0 Å². The number of carbonyl (C=O) groups excluding carboxylic acids is 1. The Bertz CT molecular complexity index is 716. The lowest BCUT2D eigenvalue weighted by molar-refractivity contribution is 0.0946. The number of amides is 1. The van der Waals surface area contributed by atoms with E-state index in [1.165, 1.54) is 12.1 Å². The molecule has 1 aromatic heterocycles. The molecular weight excluding hydrogens is 352 g/mol. The molecule has 4 nitrogen and oxygen atoms in total. The van der Waals surface area contributed by atoms with Gasteiger partial charge in [0.15, 0.2) is 0 Å². The van der Waals surface area contributed by atoms with Gasteiger partial charge in [0.2, 0.25) is 0 Å². The number of nitrogens with one attached hydrogen (secondary N) is 2. The highest BCUT2D eigenvalue weighted by atomic mass is 35.5. The summed E-state index contributed by atoms with van der Waals surface area (Å²) in [5.74, 6) is 0.791. The van der Waals surface area contributed by atoms with E-state index in [2.05, 4.69) is 15.6 Å². The minimum absolute atomic E-state index is 0. The fraction of sp³-hybridized carbons (Fsp3) is 0.294. The van der Waals surface area contributed by atoms with Gasteiger partial charge in [-0.1, -0.05) is 12.1 Å². The molecule has 1 aliphatic carbocycles. The van der Waals surface area contributed by atoms with E-state index in [0.717, 1.165) is 13.1 Å². The Labute approximate surface area is 152 Å². The van der Waals surface area contributed by atoms with Gasteiger partial charge in [-0.15, -0.1) is 24.8 Å². The Kier molecular flexibility index (Phi) is 5.80. The number of carbonyl (C=O) groups is 1. The molecule has 1 aliphatic heterocycles. The minimum atomic E-state index is -0.296. The van der Waals surface area contributed by atoms with Gasteiger partial charge in [-0.2, -0.15) is 0 Å². The highest BCUT2D eigenvalue weighted by Gasteiger charge is 2.53. The molecular formula is C17H18Cl2FN3O. The van der Waals surface area contributed by atoms with Crippen LogP contribution in [0.4, 0.5) is 4.39 Å². The van der Waals surface area contributed by atoms with Gasteiger partial charge in [-0.3, -0.25) is 9.78 Å². The molecule has 0 radical (unpaired) electrons. The number of hydrogen-bond donors (Lipinski definition) is 2. The van der Waals surface area contributed by atoms with Gasteiger partial charge in [-0.25, -0.2) is 4.39 Å². The van der Waals surface area contributed by atoms with Crippen molar-refractivity contribution in [2.75, 3.05) is 13.1 Å². The number of fused-ring (bicyclic) bond motifs is 1. The Balaban J connectivity index is 0.00000104. The number of pyridine rings is 1. The first-order chi connectivity index (χ1) is 10.7. The van der Waals surface area contributed by atoms with Crippen LogP contribution < -0.4 is 10.6 Å². The first-order valence-electron chi connectivity index (χ1n) is 7.46. The van der Waals surface area contributed by atoms with Crippen molar-refractivity contribution in [2.24, 2.45) is 11.8 Å². The molecule has 2 atom stereocenters. The van der Waals surface area contributed by atoms with Gasteiger partial charge >= 0.3 is 0 Å². The summed E-state index contributed by atoms with van der Waals surface area (Å²) in [7, 11) is 0. The molecule has 2 aliphatic rings. The molecule has 4 rings (SSSR count). The Morgan fingerprint density at radius 2 is 1.92 bits per heavy atom. The van der Waals surface area contributed by atoms with E-state index in [1.54, 1.807) is 30.5 Å². The Hall–Kier alpha value is -1.69. The minimum Gasteiger partial charge on any atom is -0.349 e. The lowest BCUT2D eigenvalue weighted by atomic mass is 10.1. The first kappa shape index (κ1) is 18.6. The van der Waals surface area contributed by atoms with Crippen molar-refractivity contribution < 1.29 is 9.18 Å². The smallest absolute Gasteiger partial charge is 0.253 e. The summed E-state index contributed by atoms with van der Waals surface area (Å²) in [6.45, 7) is 1.98. The number of nitrogens with zero attached hydrogens (tertiary/aromatic N) is 1. The fourth-order valence-corrected chi connectivity index (χ4v) is 3.21. The monoisotopic (exact) mass is 369 g/mol. The highest BCUT2D eigenvalue weighted by Crippen LogP contribution is 2.41. The highest BCUT2D eigenvalue weighted by molar-refractivity contribution is 5.94. The maximum atomic E-state index is 13.2. The molecule has 2 N–H and O–H groups in total. The maximum absolute atomic E-state index is 13.2. The molecule has 7 heteroatoms. The van der Waals surface area contributed by atoms with E-state index in [-0.39, 0.29) is 36.5 Å². The summed E-state index contributed by atoms with van der Waals surface area (Å²) >= 11 is 0. The van der Waals surface area contributed by atoms with Gasteiger partial charge in [0.1, 0.15) is 5.82 Å². The van der Waals surface area contributed by atoms with E-state index in [0.29, 0.717) is 34.7 Å². The first-order valence-corrected chi connectivity index (χ1v) is 7.46. The molecule has 2 unspecified atom stereocenters. The zero-order valence-electron chi connectivity index (χ0n) is 12.7. The SMILES string of the molecule is Cl.Cl.O=C(NC1C2CNCC21)c1ccc(-c2cccc(F)c2)nc1. The van der Waals surface area contributed by atoms with Crippen LogP contribution in [0, 0.1) is 17.7 Å². The molecule has 2 heterocycles. The van der Waals surface area contributed by atoms with Gasteiger partial charge < -0.3 is 10.6 Å². The summed E-state index contributed by atoms with van der Waals surface area (Å²) in [6.07, 6.45) is 1.55. The number of benzene rings is 1. The van der Waals surface area contributed by atoms with Gasteiger partial charge in [0.05, 0.1) is 11.3 Å². The van der Waals surface area contributed by atoms with Gasteiger partial charge in [-0.05, 0) is 36.1 Å². The molecule has 1 amide bonds. The summed E-state index contributed by atoms with van der Waals surface area (Å²) in [5.41, 5.74) is 1.90. The number of piperidine rings is 1. The summed E-state index contributed by atoms with van der Waals surface area (Å²) in [6, 6.07) is 10.1. The fourth-order valence-electron chi connectivity index (χ4n) is 3.21. The quantitative estimate of drug-likeness (QED) is 0.874. The summed E-state index contributed by atoms with van der Waals surface area (Å²) in [5, 5.41) is 6.36. The molecule has 2 fully saturated rings. The topological polar surface area (TPSA) is 54.0 Å². The number of aromatic nitrogens is 1. The summed E-state index contributed by atoms with van der Waals surface area (Å²) < 4.78 is 13.2. The second kappa shape index (κ2) is 7.47. The van der Waals surface area contributed by atoms with Gasteiger partial charge in [0, 0.05) is 30.9 Å². The largest absolute Gasteiger partial charge is 0.349 e. The lowest BCUT2D eigenvalue weighted by Crippen LogP contribution is -2.32. The predicted octanol–water partition coefficient (Wildman–Crippen LogP) is 2.68. The van der Waals surface area contributed by atoms with Crippen LogP contribution in [0.5, 0.6) is 0 Å². The summed E-state index contributed by atoms with van der Waals surface area (Å²) in [4.78, 5) is 16.5.